The molecule has 0 heterocycles. The maximum Gasteiger partial charge on any atom is 0.335 e. The average molecular weight is 414 g/mol. The fourth-order valence-electron chi connectivity index (χ4n) is 3.47. The molecule has 0 spiro atoms. The van der Waals surface area contributed by atoms with Gasteiger partial charge in [-0.2, -0.15) is 0 Å². The van der Waals surface area contributed by atoms with E-state index in [0.29, 0.717) is 25.7 Å². The Bertz CT molecular complexity index is 833. The topological polar surface area (TPSA) is 149 Å². The standard InChI is InChI=1S/C22H22O8/c23-19(24)15-9-5-10-16(20(25)26)13(15)7-3-1-2-4-8-14-17(21(27)28)11-6-12-18(14)22(29)30/h5-6,9-12H,1-4,7-8H2,(H,23,24)(H,25,26)(H,27,28)(H,29,30). The number of rotatable bonds is 11. The van der Waals surface area contributed by atoms with Crippen LogP contribution in [0.25, 0.3) is 0 Å². The van der Waals surface area contributed by atoms with Crippen molar-refractivity contribution in [2.75, 3.05) is 0 Å². The molecule has 0 fully saturated rings. The van der Waals surface area contributed by atoms with Crippen molar-refractivity contribution in [1.29, 1.82) is 0 Å². The third-order valence-electron chi connectivity index (χ3n) is 4.88. The lowest BCUT2D eigenvalue weighted by molar-refractivity contribution is 0.0673. The van der Waals surface area contributed by atoms with Gasteiger partial charge < -0.3 is 20.4 Å². The molecule has 0 aliphatic rings. The smallest absolute Gasteiger partial charge is 0.335 e. The Morgan fingerprint density at radius 2 is 0.767 bits per heavy atom. The van der Waals surface area contributed by atoms with Crippen LogP contribution in [-0.2, 0) is 12.8 Å². The van der Waals surface area contributed by atoms with Gasteiger partial charge in [0.1, 0.15) is 0 Å². The van der Waals surface area contributed by atoms with E-state index in [1.807, 2.05) is 0 Å². The summed E-state index contributed by atoms with van der Waals surface area (Å²) in [4.78, 5) is 45.5. The van der Waals surface area contributed by atoms with Gasteiger partial charge in [-0.25, -0.2) is 19.2 Å². The zero-order chi connectivity index (χ0) is 22.3. The second-order valence-electron chi connectivity index (χ2n) is 6.80. The normalized spacial score (nSPS) is 10.5. The molecule has 2 aromatic rings. The van der Waals surface area contributed by atoms with Crippen LogP contribution in [0.5, 0.6) is 0 Å². The van der Waals surface area contributed by atoms with Crippen LogP contribution in [-0.4, -0.2) is 44.3 Å². The average Bonchev–Trinajstić information content (AvgIpc) is 2.69. The number of aromatic carboxylic acids is 4. The van der Waals surface area contributed by atoms with E-state index in [1.165, 1.54) is 36.4 Å². The maximum atomic E-state index is 11.4. The second-order valence-corrected chi connectivity index (χ2v) is 6.80. The zero-order valence-electron chi connectivity index (χ0n) is 16.1. The molecular formula is C22H22O8. The van der Waals surface area contributed by atoms with E-state index in [2.05, 4.69) is 0 Å². The van der Waals surface area contributed by atoms with Gasteiger partial charge in [0, 0.05) is 0 Å². The molecule has 0 amide bonds. The van der Waals surface area contributed by atoms with Crippen molar-refractivity contribution >= 4 is 23.9 Å². The lowest BCUT2D eigenvalue weighted by atomic mass is 9.93. The van der Waals surface area contributed by atoms with Gasteiger partial charge in [0.15, 0.2) is 0 Å². The number of carboxylic acids is 4. The first-order chi connectivity index (χ1) is 14.2. The molecule has 0 saturated heterocycles. The molecule has 2 aromatic carbocycles. The van der Waals surface area contributed by atoms with Crippen LogP contribution >= 0.6 is 0 Å². The highest BCUT2D eigenvalue weighted by atomic mass is 16.4. The molecule has 8 nitrogen and oxygen atoms in total. The predicted molar refractivity (Wildman–Crippen MR) is 107 cm³/mol. The molecule has 0 atom stereocenters. The van der Waals surface area contributed by atoms with E-state index >= 15 is 0 Å². The summed E-state index contributed by atoms with van der Waals surface area (Å²) in [6, 6.07) is 8.30. The Morgan fingerprint density at radius 1 is 0.500 bits per heavy atom. The van der Waals surface area contributed by atoms with Gasteiger partial charge in [-0.15, -0.1) is 0 Å². The van der Waals surface area contributed by atoms with Gasteiger partial charge in [-0.3, -0.25) is 0 Å². The van der Waals surface area contributed by atoms with Crippen molar-refractivity contribution in [1.82, 2.24) is 0 Å². The quantitative estimate of drug-likeness (QED) is 0.405. The van der Waals surface area contributed by atoms with E-state index in [1.54, 1.807) is 0 Å². The third kappa shape index (κ3) is 5.44. The molecule has 4 N–H and O–H groups in total. The van der Waals surface area contributed by atoms with Crippen LogP contribution in [0, 0.1) is 0 Å². The minimum absolute atomic E-state index is 0.0311. The van der Waals surface area contributed by atoms with Crippen LogP contribution in [0.15, 0.2) is 36.4 Å². The zero-order valence-corrected chi connectivity index (χ0v) is 16.1. The largest absolute Gasteiger partial charge is 0.478 e. The fraction of sp³-hybridized carbons (Fsp3) is 0.273. The second kappa shape index (κ2) is 10.2. The van der Waals surface area contributed by atoms with E-state index in [-0.39, 0.29) is 46.2 Å². The highest BCUT2D eigenvalue weighted by Gasteiger charge is 2.19. The van der Waals surface area contributed by atoms with Gasteiger partial charge in [-0.05, 0) is 61.1 Å². The highest BCUT2D eigenvalue weighted by Crippen LogP contribution is 2.21. The first-order valence-electron chi connectivity index (χ1n) is 9.41. The Kier molecular flexibility index (Phi) is 7.69. The van der Waals surface area contributed by atoms with E-state index < -0.39 is 23.9 Å². The van der Waals surface area contributed by atoms with Crippen molar-refractivity contribution in [2.24, 2.45) is 0 Å². The van der Waals surface area contributed by atoms with Crippen molar-refractivity contribution in [3.63, 3.8) is 0 Å². The molecule has 0 radical (unpaired) electrons. The van der Waals surface area contributed by atoms with E-state index in [9.17, 15) is 39.6 Å². The maximum absolute atomic E-state index is 11.4. The van der Waals surface area contributed by atoms with Gasteiger partial charge >= 0.3 is 23.9 Å². The lowest BCUT2D eigenvalue weighted by Gasteiger charge is -2.11. The lowest BCUT2D eigenvalue weighted by Crippen LogP contribution is -2.10. The fourth-order valence-corrected chi connectivity index (χ4v) is 3.47. The number of hydrogen-bond acceptors (Lipinski definition) is 4. The Morgan fingerprint density at radius 3 is 1.00 bits per heavy atom. The van der Waals surface area contributed by atoms with Crippen molar-refractivity contribution in [3.05, 3.63) is 69.8 Å². The van der Waals surface area contributed by atoms with Crippen molar-refractivity contribution in [3.8, 4) is 0 Å². The molecular weight excluding hydrogens is 392 g/mol. The minimum atomic E-state index is -1.18. The van der Waals surface area contributed by atoms with Crippen LogP contribution in [0.4, 0.5) is 0 Å². The Hall–Kier alpha value is -3.68. The molecule has 0 unspecified atom stereocenters. The third-order valence-corrected chi connectivity index (χ3v) is 4.88. The van der Waals surface area contributed by atoms with Gasteiger partial charge in [0.05, 0.1) is 22.3 Å². The molecule has 0 aliphatic carbocycles. The molecule has 2 rings (SSSR count). The first-order valence-corrected chi connectivity index (χ1v) is 9.41. The summed E-state index contributed by atoms with van der Waals surface area (Å²) in [7, 11) is 0. The molecule has 158 valence electrons. The Labute approximate surface area is 172 Å². The van der Waals surface area contributed by atoms with Crippen molar-refractivity contribution < 1.29 is 39.6 Å². The molecule has 0 aliphatic heterocycles. The Balaban J connectivity index is 1.99. The number of unbranched alkanes of at least 4 members (excludes halogenated alkanes) is 3. The number of hydrogen-bond donors (Lipinski definition) is 4. The molecule has 8 heteroatoms. The summed E-state index contributed by atoms with van der Waals surface area (Å²) in [5, 5.41) is 37.2. The first kappa shape index (κ1) is 22.6. The molecule has 30 heavy (non-hydrogen) atoms. The summed E-state index contributed by atoms with van der Waals surface area (Å²) in [5.74, 6) is -4.72. The van der Waals surface area contributed by atoms with Gasteiger partial charge in [-0.1, -0.05) is 25.0 Å². The minimum Gasteiger partial charge on any atom is -0.478 e. The molecule has 0 saturated carbocycles. The van der Waals surface area contributed by atoms with E-state index in [4.69, 9.17) is 0 Å². The summed E-state index contributed by atoms with van der Waals surface area (Å²) in [5.41, 5.74) is 0.435. The van der Waals surface area contributed by atoms with Crippen LogP contribution in [0.1, 0.15) is 78.2 Å². The van der Waals surface area contributed by atoms with Crippen LogP contribution < -0.4 is 0 Å². The molecule has 0 aromatic heterocycles. The van der Waals surface area contributed by atoms with Crippen LogP contribution in [0.2, 0.25) is 0 Å². The number of carbonyl (C=O) groups is 4. The van der Waals surface area contributed by atoms with Crippen molar-refractivity contribution in [2.45, 2.75) is 38.5 Å². The van der Waals surface area contributed by atoms with E-state index in [0.717, 1.165) is 0 Å². The summed E-state index contributed by atoms with van der Waals surface area (Å²) in [6.45, 7) is 0. The van der Waals surface area contributed by atoms with Gasteiger partial charge in [0.25, 0.3) is 0 Å². The number of carboxylic acid groups (broad SMARTS) is 4. The highest BCUT2D eigenvalue weighted by molar-refractivity contribution is 5.97. The summed E-state index contributed by atoms with van der Waals surface area (Å²) < 4.78 is 0. The monoisotopic (exact) mass is 414 g/mol. The molecule has 0 bridgehead atoms. The number of benzene rings is 2. The summed E-state index contributed by atoms with van der Waals surface area (Å²) >= 11 is 0. The van der Waals surface area contributed by atoms with Gasteiger partial charge in [0.2, 0.25) is 0 Å². The predicted octanol–water partition coefficient (Wildman–Crippen LogP) is 3.83. The van der Waals surface area contributed by atoms with Crippen LogP contribution in [0.3, 0.4) is 0 Å². The SMILES string of the molecule is O=C(O)c1cccc(C(=O)O)c1CCCCCCc1c(C(=O)O)cccc1C(=O)O. The summed E-state index contributed by atoms with van der Waals surface area (Å²) in [6.07, 6.45) is 3.00.